The number of carbonyl (C=O) groups excluding carboxylic acids is 1. The summed E-state index contributed by atoms with van der Waals surface area (Å²) in [6.45, 7) is 1.86. The molecule has 1 fully saturated rings. The number of nitrogens with one attached hydrogen (secondary N) is 1. The van der Waals surface area contributed by atoms with Crippen LogP contribution in [0.1, 0.15) is 29.6 Å². The molecule has 1 aliphatic heterocycles. The lowest BCUT2D eigenvalue weighted by molar-refractivity contribution is -0.385. The first-order valence-corrected chi connectivity index (χ1v) is 7.71. The molecule has 122 valence electrons. The molecule has 0 aliphatic carbocycles. The zero-order valence-corrected chi connectivity index (χ0v) is 14.7. The van der Waals surface area contributed by atoms with E-state index in [-0.39, 0.29) is 30.0 Å². The first kappa shape index (κ1) is 18.9. The summed E-state index contributed by atoms with van der Waals surface area (Å²) in [5, 5.41) is 14.2. The summed E-state index contributed by atoms with van der Waals surface area (Å²) >= 11 is 3.22. The molecule has 1 unspecified atom stereocenters. The molecule has 8 heteroatoms. The van der Waals surface area contributed by atoms with Gasteiger partial charge in [-0.05, 0) is 38.4 Å². The zero-order valence-electron chi connectivity index (χ0n) is 12.3. The Kier molecular flexibility index (Phi) is 7.25. The number of carbonyl (C=O) groups is 1. The molecule has 1 atom stereocenters. The number of amides is 1. The Balaban J connectivity index is 0.00000242. The standard InChI is InChI=1S/C14H18BrN3O3.ClH/c1-17(12-3-2-5-16-6-4-12)14(19)10-7-11(15)9-13(8-10)18(20)21;/h7-9,12,16H,2-6H2,1H3;1H. The minimum Gasteiger partial charge on any atom is -0.339 e. The Morgan fingerprint density at radius 1 is 1.36 bits per heavy atom. The number of nitrogens with zero attached hydrogens (tertiary/aromatic N) is 2. The van der Waals surface area contributed by atoms with Gasteiger partial charge in [-0.25, -0.2) is 0 Å². The van der Waals surface area contributed by atoms with Crippen LogP contribution < -0.4 is 5.32 Å². The van der Waals surface area contributed by atoms with Gasteiger partial charge < -0.3 is 10.2 Å². The fraction of sp³-hybridized carbons (Fsp3) is 0.500. The predicted octanol–water partition coefficient (Wildman–Crippen LogP) is 2.99. The van der Waals surface area contributed by atoms with Gasteiger partial charge in [-0.2, -0.15) is 0 Å². The molecule has 6 nitrogen and oxygen atoms in total. The number of hydrogen-bond acceptors (Lipinski definition) is 4. The van der Waals surface area contributed by atoms with E-state index >= 15 is 0 Å². The van der Waals surface area contributed by atoms with Crippen LogP contribution in [0, 0.1) is 10.1 Å². The van der Waals surface area contributed by atoms with Crippen LogP contribution in [0.2, 0.25) is 0 Å². The van der Waals surface area contributed by atoms with Gasteiger partial charge in [-0.3, -0.25) is 14.9 Å². The maximum atomic E-state index is 12.5. The summed E-state index contributed by atoms with van der Waals surface area (Å²) in [4.78, 5) is 24.7. The molecule has 1 saturated heterocycles. The van der Waals surface area contributed by atoms with Crippen molar-refractivity contribution in [2.24, 2.45) is 0 Å². The van der Waals surface area contributed by atoms with Gasteiger partial charge in [0.15, 0.2) is 0 Å². The molecule has 1 heterocycles. The van der Waals surface area contributed by atoms with E-state index in [1.54, 1.807) is 18.0 Å². The van der Waals surface area contributed by atoms with Gasteiger partial charge in [0.2, 0.25) is 0 Å². The minimum atomic E-state index is -0.489. The third-order valence-corrected chi connectivity index (χ3v) is 4.21. The third kappa shape index (κ3) is 4.66. The van der Waals surface area contributed by atoms with Crippen LogP contribution in [-0.4, -0.2) is 41.9 Å². The second-order valence-electron chi connectivity index (χ2n) is 5.21. The SMILES string of the molecule is CN(C(=O)c1cc(Br)cc([N+](=O)[O-])c1)C1CCCNCC1.Cl. The van der Waals surface area contributed by atoms with Gasteiger partial charge in [0.05, 0.1) is 4.92 Å². The Hall–Kier alpha value is -1.18. The predicted molar refractivity (Wildman–Crippen MR) is 90.6 cm³/mol. The number of halogens is 2. The highest BCUT2D eigenvalue weighted by atomic mass is 79.9. The molecule has 1 aliphatic rings. The van der Waals surface area contributed by atoms with Crippen molar-refractivity contribution in [3.05, 3.63) is 38.3 Å². The number of benzene rings is 1. The highest BCUT2D eigenvalue weighted by Gasteiger charge is 2.23. The Labute approximate surface area is 143 Å². The van der Waals surface area contributed by atoms with E-state index in [9.17, 15) is 14.9 Å². The van der Waals surface area contributed by atoms with Crippen molar-refractivity contribution >= 4 is 39.9 Å². The van der Waals surface area contributed by atoms with Crippen molar-refractivity contribution in [3.63, 3.8) is 0 Å². The van der Waals surface area contributed by atoms with Gasteiger partial charge in [0.1, 0.15) is 0 Å². The lowest BCUT2D eigenvalue weighted by Gasteiger charge is -2.27. The van der Waals surface area contributed by atoms with Crippen molar-refractivity contribution < 1.29 is 9.72 Å². The molecule has 2 rings (SSSR count). The van der Waals surface area contributed by atoms with Crippen molar-refractivity contribution in [1.29, 1.82) is 0 Å². The first-order valence-electron chi connectivity index (χ1n) is 6.92. The van der Waals surface area contributed by atoms with E-state index in [4.69, 9.17) is 0 Å². The first-order chi connectivity index (χ1) is 9.99. The van der Waals surface area contributed by atoms with E-state index < -0.39 is 4.92 Å². The quantitative estimate of drug-likeness (QED) is 0.634. The Morgan fingerprint density at radius 2 is 2.09 bits per heavy atom. The molecule has 1 aromatic rings. The van der Waals surface area contributed by atoms with E-state index in [0.717, 1.165) is 32.4 Å². The van der Waals surface area contributed by atoms with Crippen molar-refractivity contribution in [3.8, 4) is 0 Å². The fourth-order valence-electron chi connectivity index (χ4n) is 2.56. The molecular weight excluding hydrogens is 374 g/mol. The Bertz CT molecular complexity index is 548. The lowest BCUT2D eigenvalue weighted by Crippen LogP contribution is -2.37. The van der Waals surface area contributed by atoms with Crippen molar-refractivity contribution in [2.45, 2.75) is 25.3 Å². The fourth-order valence-corrected chi connectivity index (χ4v) is 3.04. The normalized spacial score (nSPS) is 18.0. The van der Waals surface area contributed by atoms with E-state index in [1.807, 2.05) is 0 Å². The highest BCUT2D eigenvalue weighted by molar-refractivity contribution is 9.10. The van der Waals surface area contributed by atoms with Crippen LogP contribution in [0.25, 0.3) is 0 Å². The minimum absolute atomic E-state index is 0. The monoisotopic (exact) mass is 391 g/mol. The zero-order chi connectivity index (χ0) is 15.4. The summed E-state index contributed by atoms with van der Waals surface area (Å²) in [5.41, 5.74) is 0.263. The molecule has 1 aromatic carbocycles. The number of rotatable bonds is 3. The molecule has 22 heavy (non-hydrogen) atoms. The summed E-state index contributed by atoms with van der Waals surface area (Å²) in [6.07, 6.45) is 2.88. The van der Waals surface area contributed by atoms with Crippen LogP contribution >= 0.6 is 28.3 Å². The lowest BCUT2D eigenvalue weighted by atomic mass is 10.1. The van der Waals surface area contributed by atoms with E-state index in [1.165, 1.54) is 12.1 Å². The van der Waals surface area contributed by atoms with Crippen LogP contribution in [0.4, 0.5) is 5.69 Å². The molecule has 0 bridgehead atoms. The van der Waals surface area contributed by atoms with Crippen molar-refractivity contribution in [1.82, 2.24) is 10.2 Å². The van der Waals surface area contributed by atoms with Crippen LogP contribution in [0.15, 0.2) is 22.7 Å². The Morgan fingerprint density at radius 3 is 2.77 bits per heavy atom. The van der Waals surface area contributed by atoms with Crippen LogP contribution in [0.5, 0.6) is 0 Å². The van der Waals surface area contributed by atoms with Gasteiger partial charge >= 0.3 is 0 Å². The number of hydrogen-bond donors (Lipinski definition) is 1. The number of nitro benzene ring substituents is 1. The second-order valence-corrected chi connectivity index (χ2v) is 6.12. The third-order valence-electron chi connectivity index (χ3n) is 3.75. The molecule has 0 aromatic heterocycles. The average molecular weight is 393 g/mol. The molecular formula is C14H19BrClN3O3. The number of non-ortho nitro benzene ring substituents is 1. The van der Waals surface area contributed by atoms with Gasteiger partial charge in [0.25, 0.3) is 11.6 Å². The summed E-state index contributed by atoms with van der Waals surface area (Å²) < 4.78 is 0.538. The van der Waals surface area contributed by atoms with E-state index in [0.29, 0.717) is 10.0 Å². The van der Waals surface area contributed by atoms with Gasteiger partial charge in [-0.15, -0.1) is 12.4 Å². The number of nitro groups is 1. The summed E-state index contributed by atoms with van der Waals surface area (Å²) in [7, 11) is 1.77. The maximum absolute atomic E-state index is 12.5. The molecule has 0 radical (unpaired) electrons. The van der Waals surface area contributed by atoms with Crippen LogP contribution in [0.3, 0.4) is 0 Å². The smallest absolute Gasteiger partial charge is 0.271 e. The molecule has 1 N–H and O–H groups in total. The van der Waals surface area contributed by atoms with Gasteiger partial charge in [-0.1, -0.05) is 15.9 Å². The van der Waals surface area contributed by atoms with E-state index in [2.05, 4.69) is 21.2 Å². The molecule has 1 amide bonds. The summed E-state index contributed by atoms with van der Waals surface area (Å²) in [5.74, 6) is -0.175. The average Bonchev–Trinajstić information content (AvgIpc) is 2.74. The topological polar surface area (TPSA) is 75.5 Å². The second kappa shape index (κ2) is 8.45. The molecule has 0 spiro atoms. The molecule has 0 saturated carbocycles. The largest absolute Gasteiger partial charge is 0.339 e. The maximum Gasteiger partial charge on any atom is 0.271 e. The highest BCUT2D eigenvalue weighted by Crippen LogP contribution is 2.23. The summed E-state index contributed by atoms with van der Waals surface area (Å²) in [6, 6.07) is 4.52. The van der Waals surface area contributed by atoms with Crippen molar-refractivity contribution in [2.75, 3.05) is 20.1 Å². The van der Waals surface area contributed by atoms with Gasteiger partial charge in [0, 0.05) is 35.3 Å². The van der Waals surface area contributed by atoms with Crippen LogP contribution in [-0.2, 0) is 0 Å².